The van der Waals surface area contributed by atoms with Gasteiger partial charge in [0.05, 0.1) is 9.88 Å². The quantitative estimate of drug-likeness (QED) is 0.727. The fourth-order valence-electron chi connectivity index (χ4n) is 2.07. The molecule has 0 radical (unpaired) electrons. The van der Waals surface area contributed by atoms with Crippen molar-refractivity contribution < 1.29 is 14.3 Å². The molecule has 1 unspecified atom stereocenters. The lowest BCUT2D eigenvalue weighted by Crippen LogP contribution is -2.57. The molecular weight excluding hydrogens is 360 g/mol. The molecular formula is C18H29ClN2O3S. The molecule has 1 aromatic heterocycles. The second-order valence-corrected chi connectivity index (χ2v) is 9.48. The predicted octanol–water partition coefficient (Wildman–Crippen LogP) is 4.39. The smallest absolute Gasteiger partial charge is 0.407 e. The number of carbonyl (C=O) groups is 2. The van der Waals surface area contributed by atoms with Gasteiger partial charge in [-0.25, -0.2) is 4.79 Å². The molecule has 0 fully saturated rings. The highest BCUT2D eigenvalue weighted by Crippen LogP contribution is 2.23. The van der Waals surface area contributed by atoms with E-state index in [4.69, 9.17) is 16.3 Å². The molecule has 0 saturated carbocycles. The largest absolute Gasteiger partial charge is 0.444 e. The number of halogens is 1. The first-order valence-electron chi connectivity index (χ1n) is 8.43. The Hall–Kier alpha value is -1.27. The fraction of sp³-hybridized carbons (Fsp3) is 0.667. The maximum atomic E-state index is 12.3. The third-order valence-corrected chi connectivity index (χ3v) is 5.22. The zero-order valence-electron chi connectivity index (χ0n) is 15.9. The van der Waals surface area contributed by atoms with Crippen LogP contribution in [0.15, 0.2) is 12.1 Å². The van der Waals surface area contributed by atoms with Crippen molar-refractivity contribution in [3.63, 3.8) is 0 Å². The van der Waals surface area contributed by atoms with Gasteiger partial charge in [0.2, 0.25) is 5.91 Å². The van der Waals surface area contributed by atoms with Crippen LogP contribution in [0.1, 0.15) is 52.8 Å². The fourth-order valence-corrected chi connectivity index (χ4v) is 3.15. The summed E-state index contributed by atoms with van der Waals surface area (Å²) >= 11 is 7.39. The van der Waals surface area contributed by atoms with E-state index in [1.54, 1.807) is 0 Å². The van der Waals surface area contributed by atoms with Crippen molar-refractivity contribution in [3.05, 3.63) is 21.3 Å². The van der Waals surface area contributed by atoms with E-state index in [1.807, 2.05) is 53.7 Å². The average molecular weight is 389 g/mol. The zero-order chi connectivity index (χ0) is 19.3. The van der Waals surface area contributed by atoms with Crippen LogP contribution < -0.4 is 10.6 Å². The summed E-state index contributed by atoms with van der Waals surface area (Å²) in [6.07, 6.45) is 0.546. The Bertz CT molecular complexity index is 595. The topological polar surface area (TPSA) is 67.4 Å². The van der Waals surface area contributed by atoms with Gasteiger partial charge in [0.25, 0.3) is 0 Å². The summed E-state index contributed by atoms with van der Waals surface area (Å²) in [6, 6.07) is 3.77. The van der Waals surface area contributed by atoms with Gasteiger partial charge in [0.15, 0.2) is 0 Å². The minimum Gasteiger partial charge on any atom is -0.444 e. The summed E-state index contributed by atoms with van der Waals surface area (Å²) in [5.41, 5.74) is -1.11. The normalized spacial score (nSPS) is 14.1. The highest BCUT2D eigenvalue weighted by Gasteiger charge is 2.31. The number of hydrogen-bond acceptors (Lipinski definition) is 4. The van der Waals surface area contributed by atoms with Gasteiger partial charge in [-0.3, -0.25) is 4.79 Å². The number of thiophene rings is 1. The van der Waals surface area contributed by atoms with Crippen molar-refractivity contribution in [2.24, 2.45) is 5.92 Å². The molecule has 0 aliphatic rings. The molecule has 1 aromatic rings. The van der Waals surface area contributed by atoms with E-state index in [0.717, 1.165) is 9.21 Å². The van der Waals surface area contributed by atoms with Crippen LogP contribution in [-0.2, 0) is 16.0 Å². The number of alkyl carbamates (subject to hydrolysis) is 1. The van der Waals surface area contributed by atoms with Crippen LogP contribution in [0.3, 0.4) is 0 Å². The molecule has 0 aliphatic carbocycles. The van der Waals surface area contributed by atoms with Crippen molar-refractivity contribution in [3.8, 4) is 0 Å². The van der Waals surface area contributed by atoms with Gasteiger partial charge >= 0.3 is 6.09 Å². The summed E-state index contributed by atoms with van der Waals surface area (Å²) in [6.45, 7) is 11.7. The molecule has 25 heavy (non-hydrogen) atoms. The number of ether oxygens (including phenoxy) is 1. The average Bonchev–Trinajstić information content (AvgIpc) is 2.87. The molecule has 1 rings (SSSR count). The van der Waals surface area contributed by atoms with Gasteiger partial charge in [-0.15, -0.1) is 11.3 Å². The highest BCUT2D eigenvalue weighted by molar-refractivity contribution is 7.16. The Labute approximate surface area is 159 Å². The number of amides is 2. The van der Waals surface area contributed by atoms with Crippen LogP contribution in [0.4, 0.5) is 4.79 Å². The molecule has 0 saturated heterocycles. The number of rotatable bonds is 7. The first-order chi connectivity index (χ1) is 11.4. The molecule has 0 spiro atoms. The van der Waals surface area contributed by atoms with Gasteiger partial charge in [0.1, 0.15) is 5.60 Å². The van der Waals surface area contributed by atoms with Crippen LogP contribution in [-0.4, -0.2) is 29.7 Å². The van der Waals surface area contributed by atoms with E-state index < -0.39 is 17.2 Å². The summed E-state index contributed by atoms with van der Waals surface area (Å²) in [5.74, 6) is 0.0919. The first kappa shape index (κ1) is 21.8. The highest BCUT2D eigenvalue weighted by atomic mass is 35.5. The van der Waals surface area contributed by atoms with Crippen LogP contribution in [0.2, 0.25) is 4.34 Å². The van der Waals surface area contributed by atoms with Gasteiger partial charge in [-0.05, 0) is 52.2 Å². The van der Waals surface area contributed by atoms with Crippen LogP contribution >= 0.6 is 22.9 Å². The Morgan fingerprint density at radius 2 is 1.88 bits per heavy atom. The van der Waals surface area contributed by atoms with Crippen LogP contribution in [0, 0.1) is 5.92 Å². The van der Waals surface area contributed by atoms with Crippen molar-refractivity contribution in [2.45, 2.75) is 65.5 Å². The standard InChI is InChI=1S/C18H29ClN2O3S/c1-12(2)18(6,11-20-16(23)24-17(3,4)5)21-15(22)10-8-13-7-9-14(19)25-13/h7,9,12H,8,10-11H2,1-6H3,(H,20,23)(H,21,22). The lowest BCUT2D eigenvalue weighted by Gasteiger charge is -2.35. The van der Waals surface area contributed by atoms with Crippen LogP contribution in [0.25, 0.3) is 0 Å². The summed E-state index contributed by atoms with van der Waals surface area (Å²) < 4.78 is 5.98. The minimum absolute atomic E-state index is 0.0493. The zero-order valence-corrected chi connectivity index (χ0v) is 17.4. The van der Waals surface area contributed by atoms with Crippen molar-refractivity contribution in [2.75, 3.05) is 6.54 Å². The number of nitrogens with one attached hydrogen (secondary N) is 2. The third-order valence-electron chi connectivity index (χ3n) is 3.93. The maximum Gasteiger partial charge on any atom is 0.407 e. The van der Waals surface area contributed by atoms with Gasteiger partial charge < -0.3 is 15.4 Å². The molecule has 1 atom stereocenters. The maximum absolute atomic E-state index is 12.3. The molecule has 2 N–H and O–H groups in total. The lowest BCUT2D eigenvalue weighted by atomic mass is 9.88. The lowest BCUT2D eigenvalue weighted by molar-refractivity contribution is -0.123. The van der Waals surface area contributed by atoms with Crippen molar-refractivity contribution in [1.29, 1.82) is 0 Å². The summed E-state index contributed by atoms with van der Waals surface area (Å²) in [7, 11) is 0. The van der Waals surface area contributed by atoms with Gasteiger partial charge in [-0.1, -0.05) is 25.4 Å². The van der Waals surface area contributed by atoms with E-state index in [2.05, 4.69) is 10.6 Å². The Morgan fingerprint density at radius 1 is 1.24 bits per heavy atom. The molecule has 0 aromatic carbocycles. The molecule has 0 aliphatic heterocycles. The summed E-state index contributed by atoms with van der Waals surface area (Å²) in [5, 5.41) is 5.80. The Balaban J connectivity index is 2.55. The molecule has 142 valence electrons. The van der Waals surface area contributed by atoms with Gasteiger partial charge in [0, 0.05) is 17.8 Å². The predicted molar refractivity (Wildman–Crippen MR) is 103 cm³/mol. The Kier molecular flexibility index (Phi) is 7.75. The van der Waals surface area contributed by atoms with E-state index >= 15 is 0 Å². The number of carbonyl (C=O) groups excluding carboxylic acids is 2. The first-order valence-corrected chi connectivity index (χ1v) is 9.63. The molecule has 7 heteroatoms. The summed E-state index contributed by atoms with van der Waals surface area (Å²) in [4.78, 5) is 25.3. The van der Waals surface area contributed by atoms with Crippen LogP contribution in [0.5, 0.6) is 0 Å². The van der Waals surface area contributed by atoms with E-state index in [0.29, 0.717) is 19.4 Å². The second kappa shape index (κ2) is 8.90. The third kappa shape index (κ3) is 8.10. The number of aryl methyl sites for hydroxylation is 1. The van der Waals surface area contributed by atoms with Gasteiger partial charge in [-0.2, -0.15) is 0 Å². The monoisotopic (exact) mass is 388 g/mol. The molecule has 0 bridgehead atoms. The van der Waals surface area contributed by atoms with E-state index in [9.17, 15) is 9.59 Å². The second-order valence-electron chi connectivity index (χ2n) is 7.68. The molecule has 5 nitrogen and oxygen atoms in total. The number of hydrogen-bond donors (Lipinski definition) is 2. The van der Waals surface area contributed by atoms with E-state index in [1.165, 1.54) is 11.3 Å². The Morgan fingerprint density at radius 3 is 2.36 bits per heavy atom. The van der Waals surface area contributed by atoms with Crippen molar-refractivity contribution >= 4 is 34.9 Å². The SMILES string of the molecule is CC(C)C(C)(CNC(=O)OC(C)(C)C)NC(=O)CCc1ccc(Cl)s1. The van der Waals surface area contributed by atoms with E-state index in [-0.39, 0.29) is 11.8 Å². The molecule has 1 heterocycles. The van der Waals surface area contributed by atoms with Crippen molar-refractivity contribution in [1.82, 2.24) is 10.6 Å². The minimum atomic E-state index is -0.554. The molecule has 2 amide bonds.